The first-order valence-corrected chi connectivity index (χ1v) is 6.71. The van der Waals surface area contributed by atoms with Crippen molar-refractivity contribution in [1.82, 2.24) is 14.6 Å². The molecule has 0 aliphatic carbocycles. The summed E-state index contributed by atoms with van der Waals surface area (Å²) >= 11 is 0. The quantitative estimate of drug-likeness (QED) is 0.845. The Morgan fingerprint density at radius 2 is 1.68 bits per heavy atom. The van der Waals surface area contributed by atoms with Gasteiger partial charge in [0.2, 0.25) is 0 Å². The van der Waals surface area contributed by atoms with Crippen LogP contribution in [-0.4, -0.2) is 16.2 Å². The van der Waals surface area contributed by atoms with Gasteiger partial charge in [0.15, 0.2) is 0 Å². The summed E-state index contributed by atoms with van der Waals surface area (Å²) in [7, 11) is 4.69. The first kappa shape index (κ1) is 14.0. The number of hydrogen-bond donors (Lipinski definition) is 2. The monoisotopic (exact) mass is 300 g/mol. The SMILES string of the molecule is COc1ccc(C2=Cc3c(n(C)c(=O)n(C)c3=O)NN2)cc1. The van der Waals surface area contributed by atoms with Crippen LogP contribution in [0.25, 0.3) is 11.8 Å². The van der Waals surface area contributed by atoms with Gasteiger partial charge in [-0.25, -0.2) is 4.79 Å². The van der Waals surface area contributed by atoms with Crippen LogP contribution in [0, 0.1) is 0 Å². The topological polar surface area (TPSA) is 77.3 Å². The van der Waals surface area contributed by atoms with Crippen LogP contribution >= 0.6 is 0 Å². The van der Waals surface area contributed by atoms with E-state index in [9.17, 15) is 9.59 Å². The molecule has 0 saturated carbocycles. The van der Waals surface area contributed by atoms with Crippen molar-refractivity contribution in [3.63, 3.8) is 0 Å². The summed E-state index contributed by atoms with van der Waals surface area (Å²) in [6.45, 7) is 0. The number of ether oxygens (including phenoxy) is 1. The molecule has 0 fully saturated rings. The van der Waals surface area contributed by atoms with Gasteiger partial charge in [0.25, 0.3) is 5.56 Å². The highest BCUT2D eigenvalue weighted by molar-refractivity contribution is 5.86. The largest absolute Gasteiger partial charge is 0.497 e. The fourth-order valence-corrected chi connectivity index (χ4v) is 2.38. The van der Waals surface area contributed by atoms with Gasteiger partial charge in [0, 0.05) is 14.1 Å². The maximum absolute atomic E-state index is 12.3. The molecule has 7 nitrogen and oxygen atoms in total. The highest BCUT2D eigenvalue weighted by atomic mass is 16.5. The van der Waals surface area contributed by atoms with Crippen LogP contribution in [0.2, 0.25) is 0 Å². The molecular formula is C15H16N4O3. The number of nitrogens with one attached hydrogen (secondary N) is 2. The maximum Gasteiger partial charge on any atom is 0.332 e. The fourth-order valence-electron chi connectivity index (χ4n) is 2.38. The predicted molar refractivity (Wildman–Crippen MR) is 84.5 cm³/mol. The summed E-state index contributed by atoms with van der Waals surface area (Å²) < 4.78 is 7.61. The van der Waals surface area contributed by atoms with Gasteiger partial charge in [-0.05, 0) is 35.9 Å². The zero-order valence-corrected chi connectivity index (χ0v) is 12.5. The molecule has 1 aliphatic heterocycles. The van der Waals surface area contributed by atoms with Crippen LogP contribution in [0.15, 0.2) is 33.9 Å². The van der Waals surface area contributed by atoms with E-state index in [1.54, 1.807) is 20.2 Å². The van der Waals surface area contributed by atoms with Crippen LogP contribution < -0.4 is 26.8 Å². The number of anilines is 1. The lowest BCUT2D eigenvalue weighted by atomic mass is 10.1. The standard InChI is InChI=1S/C15H16N4O3/c1-18-13-11(14(20)19(2)15(18)21)8-12(16-17-13)9-4-6-10(22-3)7-5-9/h4-8,16-17H,1-3H3. The summed E-state index contributed by atoms with van der Waals surface area (Å²) in [5.74, 6) is 1.21. The van der Waals surface area contributed by atoms with Crippen molar-refractivity contribution < 1.29 is 4.74 Å². The van der Waals surface area contributed by atoms with Gasteiger partial charge in [-0.1, -0.05) is 0 Å². The van der Waals surface area contributed by atoms with Gasteiger partial charge < -0.3 is 4.74 Å². The lowest BCUT2D eigenvalue weighted by Crippen LogP contribution is -2.42. The van der Waals surface area contributed by atoms with E-state index in [-0.39, 0.29) is 11.2 Å². The number of rotatable bonds is 2. The zero-order chi connectivity index (χ0) is 15.9. The molecule has 2 aromatic rings. The van der Waals surface area contributed by atoms with Crippen molar-refractivity contribution in [2.45, 2.75) is 0 Å². The first-order chi connectivity index (χ1) is 10.5. The number of benzene rings is 1. The number of aromatic nitrogens is 2. The maximum atomic E-state index is 12.3. The Morgan fingerprint density at radius 3 is 2.32 bits per heavy atom. The van der Waals surface area contributed by atoms with Crippen molar-refractivity contribution in [1.29, 1.82) is 0 Å². The Morgan fingerprint density at radius 1 is 1.00 bits per heavy atom. The van der Waals surface area contributed by atoms with Gasteiger partial charge >= 0.3 is 5.69 Å². The Kier molecular flexibility index (Phi) is 3.25. The van der Waals surface area contributed by atoms with Crippen molar-refractivity contribution in [2.24, 2.45) is 14.1 Å². The molecule has 114 valence electrons. The van der Waals surface area contributed by atoms with E-state index in [2.05, 4.69) is 10.9 Å². The average molecular weight is 300 g/mol. The normalized spacial score (nSPS) is 12.8. The Hall–Kier alpha value is -2.96. The number of methoxy groups -OCH3 is 1. The van der Waals surface area contributed by atoms with Crippen LogP contribution in [0.4, 0.5) is 5.82 Å². The van der Waals surface area contributed by atoms with Gasteiger partial charge in [-0.15, -0.1) is 0 Å². The average Bonchev–Trinajstić information content (AvgIpc) is 2.57. The highest BCUT2D eigenvalue weighted by Gasteiger charge is 2.19. The third-order valence-corrected chi connectivity index (χ3v) is 3.70. The summed E-state index contributed by atoms with van der Waals surface area (Å²) in [5.41, 5.74) is 7.29. The second-order valence-electron chi connectivity index (χ2n) is 5.00. The van der Waals surface area contributed by atoms with E-state index in [0.717, 1.165) is 21.6 Å². The summed E-state index contributed by atoms with van der Waals surface area (Å²) in [6.07, 6.45) is 1.73. The molecule has 22 heavy (non-hydrogen) atoms. The first-order valence-electron chi connectivity index (χ1n) is 6.71. The second-order valence-corrected chi connectivity index (χ2v) is 5.00. The minimum absolute atomic E-state index is 0.335. The lowest BCUT2D eigenvalue weighted by molar-refractivity contribution is 0.415. The van der Waals surface area contributed by atoms with Gasteiger partial charge in [-0.2, -0.15) is 0 Å². The minimum atomic E-state index is -0.376. The Bertz CT molecular complexity index is 875. The molecule has 1 aromatic carbocycles. The van der Waals surface area contributed by atoms with E-state index in [0.29, 0.717) is 11.4 Å². The van der Waals surface area contributed by atoms with Crippen LogP contribution in [0.1, 0.15) is 11.1 Å². The van der Waals surface area contributed by atoms with Crippen molar-refractivity contribution >= 4 is 17.6 Å². The molecule has 0 unspecified atom stereocenters. The van der Waals surface area contributed by atoms with E-state index < -0.39 is 0 Å². The summed E-state index contributed by atoms with van der Waals surface area (Å²) in [4.78, 5) is 24.2. The third-order valence-electron chi connectivity index (χ3n) is 3.70. The number of nitrogens with zero attached hydrogens (tertiary/aromatic N) is 2. The van der Waals surface area contributed by atoms with E-state index >= 15 is 0 Å². The Balaban J connectivity index is 2.14. The van der Waals surface area contributed by atoms with Gasteiger partial charge in [0.1, 0.15) is 11.6 Å². The van der Waals surface area contributed by atoms with Crippen molar-refractivity contribution in [2.75, 3.05) is 12.5 Å². The Labute approximate surface area is 126 Å². The van der Waals surface area contributed by atoms with Gasteiger partial charge in [0.05, 0.1) is 18.4 Å². The summed E-state index contributed by atoms with van der Waals surface area (Å²) in [6, 6.07) is 7.45. The molecule has 2 N–H and O–H groups in total. The molecule has 1 aromatic heterocycles. The van der Waals surface area contributed by atoms with Crippen LogP contribution in [0.3, 0.4) is 0 Å². The molecule has 1 aliphatic rings. The third kappa shape index (κ3) is 2.07. The number of hydrogen-bond acceptors (Lipinski definition) is 5. The van der Waals surface area contributed by atoms with E-state index in [1.807, 2.05) is 24.3 Å². The number of hydrazine groups is 1. The lowest BCUT2D eigenvalue weighted by Gasteiger charge is -2.22. The molecular weight excluding hydrogens is 284 g/mol. The molecule has 3 rings (SSSR count). The van der Waals surface area contributed by atoms with E-state index in [1.165, 1.54) is 11.6 Å². The van der Waals surface area contributed by atoms with Crippen molar-refractivity contribution in [3.8, 4) is 5.75 Å². The molecule has 2 heterocycles. The number of fused-ring (bicyclic) bond motifs is 1. The van der Waals surface area contributed by atoms with Crippen LogP contribution in [-0.2, 0) is 14.1 Å². The minimum Gasteiger partial charge on any atom is -0.497 e. The molecule has 7 heteroatoms. The molecule has 0 amide bonds. The smallest absolute Gasteiger partial charge is 0.332 e. The molecule has 0 radical (unpaired) electrons. The predicted octanol–water partition coefficient (Wildman–Crippen LogP) is 0.521. The molecule has 0 spiro atoms. The zero-order valence-electron chi connectivity index (χ0n) is 12.5. The van der Waals surface area contributed by atoms with Gasteiger partial charge in [-0.3, -0.25) is 24.8 Å². The highest BCUT2D eigenvalue weighted by Crippen LogP contribution is 2.23. The molecule has 0 bridgehead atoms. The fraction of sp³-hybridized carbons (Fsp3) is 0.200. The van der Waals surface area contributed by atoms with Crippen LogP contribution in [0.5, 0.6) is 5.75 Å². The summed E-state index contributed by atoms with van der Waals surface area (Å²) in [5, 5.41) is 0. The molecule has 0 saturated heterocycles. The second kappa shape index (κ2) is 5.10. The van der Waals surface area contributed by atoms with Crippen molar-refractivity contribution in [3.05, 3.63) is 56.2 Å². The van der Waals surface area contributed by atoms with E-state index in [4.69, 9.17) is 4.74 Å². The molecule has 0 atom stereocenters.